The van der Waals surface area contributed by atoms with Crippen molar-refractivity contribution in [2.24, 2.45) is 0 Å². The molecule has 0 aliphatic carbocycles. The number of amides is 1. The van der Waals surface area contributed by atoms with Gasteiger partial charge in [-0.2, -0.15) is 0 Å². The number of carbonyl (C=O) groups excluding carboxylic acids is 1. The number of rotatable bonds is 4. The second kappa shape index (κ2) is 6.57. The molecular formula is C24H20N2O2. The number of ether oxygens (including phenoxy) is 1. The van der Waals surface area contributed by atoms with E-state index in [9.17, 15) is 4.79 Å². The number of hydrogen-bond donors (Lipinski definition) is 1. The van der Waals surface area contributed by atoms with Crippen LogP contribution in [0.3, 0.4) is 0 Å². The standard InChI is InChI=1S/C24H20N2O2/c1-28-18-13-11-17(12-14-18)23-21-19-9-5-6-10-20(19)25-22(21)24(27)26(23)15-16-7-3-2-4-8-16/h2-14,23,25H,15H2,1H3. The van der Waals surface area contributed by atoms with Gasteiger partial charge in [-0.3, -0.25) is 4.79 Å². The summed E-state index contributed by atoms with van der Waals surface area (Å²) >= 11 is 0. The minimum Gasteiger partial charge on any atom is -0.497 e. The molecule has 1 atom stereocenters. The van der Waals surface area contributed by atoms with Crippen molar-refractivity contribution in [2.75, 3.05) is 7.11 Å². The highest BCUT2D eigenvalue weighted by Crippen LogP contribution is 2.43. The van der Waals surface area contributed by atoms with Crippen LogP contribution < -0.4 is 4.74 Å². The lowest BCUT2D eigenvalue weighted by Gasteiger charge is -2.26. The van der Waals surface area contributed by atoms with E-state index in [2.05, 4.69) is 23.2 Å². The van der Waals surface area contributed by atoms with Crippen LogP contribution in [0.2, 0.25) is 0 Å². The van der Waals surface area contributed by atoms with Gasteiger partial charge in [0.05, 0.1) is 13.2 Å². The van der Waals surface area contributed by atoms with Crippen LogP contribution >= 0.6 is 0 Å². The summed E-state index contributed by atoms with van der Waals surface area (Å²) in [5.74, 6) is 0.845. The van der Waals surface area contributed by atoms with Crippen molar-refractivity contribution in [3.63, 3.8) is 0 Å². The van der Waals surface area contributed by atoms with Gasteiger partial charge in [-0.1, -0.05) is 60.7 Å². The van der Waals surface area contributed by atoms with E-state index in [1.54, 1.807) is 7.11 Å². The highest BCUT2D eigenvalue weighted by Gasteiger charge is 2.40. The maximum Gasteiger partial charge on any atom is 0.271 e. The molecule has 0 spiro atoms. The Bertz CT molecular complexity index is 1150. The summed E-state index contributed by atoms with van der Waals surface area (Å²) in [5.41, 5.74) is 4.94. The molecule has 138 valence electrons. The molecule has 0 saturated carbocycles. The molecule has 0 bridgehead atoms. The van der Waals surface area contributed by atoms with Crippen LogP contribution in [0.15, 0.2) is 78.9 Å². The van der Waals surface area contributed by atoms with E-state index in [-0.39, 0.29) is 11.9 Å². The smallest absolute Gasteiger partial charge is 0.271 e. The first kappa shape index (κ1) is 16.6. The Morgan fingerprint density at radius 1 is 0.929 bits per heavy atom. The Morgan fingerprint density at radius 2 is 1.64 bits per heavy atom. The molecular weight excluding hydrogens is 348 g/mol. The van der Waals surface area contributed by atoms with Crippen LogP contribution in [0.25, 0.3) is 10.9 Å². The lowest BCUT2D eigenvalue weighted by Crippen LogP contribution is -2.28. The van der Waals surface area contributed by atoms with Crippen LogP contribution in [0, 0.1) is 0 Å². The van der Waals surface area contributed by atoms with Gasteiger partial charge in [0.1, 0.15) is 11.4 Å². The van der Waals surface area contributed by atoms with Crippen molar-refractivity contribution >= 4 is 16.8 Å². The SMILES string of the molecule is COc1ccc(C2c3c([nH]c4ccccc34)C(=O)N2Cc2ccccc2)cc1. The summed E-state index contributed by atoms with van der Waals surface area (Å²) in [6.45, 7) is 0.563. The molecule has 3 aromatic carbocycles. The second-order valence-electron chi connectivity index (χ2n) is 7.05. The van der Waals surface area contributed by atoms with Crippen LogP contribution in [-0.2, 0) is 6.54 Å². The quantitative estimate of drug-likeness (QED) is 0.556. The third-order valence-electron chi connectivity index (χ3n) is 5.43. The fourth-order valence-electron chi connectivity index (χ4n) is 4.11. The van der Waals surface area contributed by atoms with Crippen molar-refractivity contribution in [2.45, 2.75) is 12.6 Å². The monoisotopic (exact) mass is 368 g/mol. The molecule has 1 N–H and O–H groups in total. The molecule has 4 nitrogen and oxygen atoms in total. The Labute approximate surface area is 163 Å². The number of carbonyl (C=O) groups is 1. The highest BCUT2D eigenvalue weighted by atomic mass is 16.5. The molecule has 1 aromatic heterocycles. The fourth-order valence-corrected chi connectivity index (χ4v) is 4.11. The van der Waals surface area contributed by atoms with Crippen molar-refractivity contribution in [1.29, 1.82) is 0 Å². The largest absolute Gasteiger partial charge is 0.497 e. The van der Waals surface area contributed by atoms with Gasteiger partial charge in [0, 0.05) is 23.0 Å². The molecule has 0 fully saturated rings. The van der Waals surface area contributed by atoms with Gasteiger partial charge in [-0.15, -0.1) is 0 Å². The predicted molar refractivity (Wildman–Crippen MR) is 109 cm³/mol. The number of aromatic amines is 1. The number of fused-ring (bicyclic) bond motifs is 3. The molecule has 2 heterocycles. The number of H-pyrrole nitrogens is 1. The van der Waals surface area contributed by atoms with Gasteiger partial charge in [-0.25, -0.2) is 0 Å². The number of para-hydroxylation sites is 1. The van der Waals surface area contributed by atoms with E-state index < -0.39 is 0 Å². The zero-order valence-electron chi connectivity index (χ0n) is 15.6. The molecule has 1 amide bonds. The molecule has 4 aromatic rings. The number of methoxy groups -OCH3 is 1. The minimum absolute atomic E-state index is 0.0378. The maximum atomic E-state index is 13.3. The van der Waals surface area contributed by atoms with E-state index in [4.69, 9.17) is 4.74 Å². The van der Waals surface area contributed by atoms with Gasteiger partial charge < -0.3 is 14.6 Å². The third-order valence-corrected chi connectivity index (χ3v) is 5.43. The lowest BCUT2D eigenvalue weighted by molar-refractivity contribution is 0.0732. The van der Waals surface area contributed by atoms with Gasteiger partial charge >= 0.3 is 0 Å². The van der Waals surface area contributed by atoms with Crippen molar-refractivity contribution in [3.8, 4) is 5.75 Å². The number of nitrogens with one attached hydrogen (secondary N) is 1. The maximum absolute atomic E-state index is 13.3. The second-order valence-corrected chi connectivity index (χ2v) is 7.05. The van der Waals surface area contributed by atoms with Crippen LogP contribution in [0.5, 0.6) is 5.75 Å². The molecule has 1 unspecified atom stereocenters. The summed E-state index contributed by atoms with van der Waals surface area (Å²) in [6, 6.07) is 26.1. The zero-order valence-corrected chi connectivity index (χ0v) is 15.6. The normalized spacial score (nSPS) is 15.8. The van der Waals surface area contributed by atoms with Gasteiger partial charge in [0.15, 0.2) is 0 Å². The van der Waals surface area contributed by atoms with Crippen LogP contribution in [-0.4, -0.2) is 22.9 Å². The van der Waals surface area contributed by atoms with E-state index >= 15 is 0 Å². The highest BCUT2D eigenvalue weighted by molar-refractivity contribution is 6.05. The van der Waals surface area contributed by atoms with Crippen LogP contribution in [0.4, 0.5) is 0 Å². The summed E-state index contributed by atoms with van der Waals surface area (Å²) in [6.07, 6.45) is 0. The topological polar surface area (TPSA) is 45.3 Å². The Hall–Kier alpha value is -3.53. The third kappa shape index (κ3) is 2.57. The van der Waals surface area contributed by atoms with Gasteiger partial charge in [-0.05, 0) is 29.3 Å². The number of benzene rings is 3. The first-order chi connectivity index (χ1) is 13.8. The number of nitrogens with zero attached hydrogens (tertiary/aromatic N) is 1. The van der Waals surface area contributed by atoms with Crippen molar-refractivity contribution in [1.82, 2.24) is 9.88 Å². The van der Waals surface area contributed by atoms with Gasteiger partial charge in [0.25, 0.3) is 5.91 Å². The molecule has 5 rings (SSSR count). The Balaban J connectivity index is 1.66. The Morgan fingerprint density at radius 3 is 2.39 bits per heavy atom. The predicted octanol–water partition coefficient (Wildman–Crippen LogP) is 4.92. The van der Waals surface area contributed by atoms with Crippen molar-refractivity contribution < 1.29 is 9.53 Å². The molecule has 4 heteroatoms. The first-order valence-electron chi connectivity index (χ1n) is 9.35. The molecule has 28 heavy (non-hydrogen) atoms. The van der Waals surface area contributed by atoms with E-state index in [1.165, 1.54) is 0 Å². The number of hydrogen-bond acceptors (Lipinski definition) is 2. The van der Waals surface area contributed by atoms with E-state index in [1.807, 2.05) is 65.6 Å². The van der Waals surface area contributed by atoms with E-state index in [0.717, 1.165) is 33.3 Å². The average molecular weight is 368 g/mol. The summed E-state index contributed by atoms with van der Waals surface area (Å²) in [7, 11) is 1.66. The van der Waals surface area contributed by atoms with Gasteiger partial charge in [0.2, 0.25) is 0 Å². The lowest BCUT2D eigenvalue weighted by atomic mass is 9.97. The summed E-state index contributed by atoms with van der Waals surface area (Å²) in [5, 5.41) is 1.10. The summed E-state index contributed by atoms with van der Waals surface area (Å²) < 4.78 is 5.31. The molecule has 1 aliphatic rings. The van der Waals surface area contributed by atoms with Crippen molar-refractivity contribution in [3.05, 3.63) is 101 Å². The molecule has 1 aliphatic heterocycles. The first-order valence-corrected chi connectivity index (χ1v) is 9.35. The molecule has 0 saturated heterocycles. The van der Waals surface area contributed by atoms with E-state index in [0.29, 0.717) is 12.2 Å². The fraction of sp³-hybridized carbons (Fsp3) is 0.125. The van der Waals surface area contributed by atoms with Crippen LogP contribution in [0.1, 0.15) is 33.2 Å². The molecule has 0 radical (unpaired) electrons. The Kier molecular flexibility index (Phi) is 3.90. The zero-order chi connectivity index (χ0) is 19.1. The minimum atomic E-state index is -0.134. The number of aromatic nitrogens is 1. The summed E-state index contributed by atoms with van der Waals surface area (Å²) in [4.78, 5) is 18.6. The average Bonchev–Trinajstić information content (AvgIpc) is 3.25.